The molecule has 0 N–H and O–H groups in total. The van der Waals surface area contributed by atoms with Gasteiger partial charge in [0.05, 0.1) is 11.0 Å². The molecule has 0 saturated heterocycles. The molecule has 0 fully saturated rings. The molecule has 0 radical (unpaired) electrons. The van der Waals surface area contributed by atoms with Gasteiger partial charge in [0.15, 0.2) is 0 Å². The molecule has 0 atom stereocenters. The molecule has 67 heavy (non-hydrogen) atoms. The summed E-state index contributed by atoms with van der Waals surface area (Å²) >= 11 is 1.90. The van der Waals surface area contributed by atoms with E-state index in [0.29, 0.717) is 0 Å². The minimum absolute atomic E-state index is 1.08. The van der Waals surface area contributed by atoms with E-state index in [0.717, 1.165) is 28.3 Å². The molecule has 0 spiro atoms. The van der Waals surface area contributed by atoms with Crippen LogP contribution >= 0.6 is 11.3 Å². The van der Waals surface area contributed by atoms with Crippen molar-refractivity contribution in [2.24, 2.45) is 0 Å². The number of benzene rings is 11. The van der Waals surface area contributed by atoms with Crippen LogP contribution in [0.2, 0.25) is 0 Å². The molecule has 13 rings (SSSR count). The van der Waals surface area contributed by atoms with Crippen molar-refractivity contribution in [1.29, 1.82) is 0 Å². The lowest BCUT2D eigenvalue weighted by Crippen LogP contribution is -2.10. The van der Waals surface area contributed by atoms with Crippen LogP contribution in [-0.4, -0.2) is 4.57 Å². The second-order valence-corrected chi connectivity index (χ2v) is 18.3. The lowest BCUT2D eigenvalue weighted by molar-refractivity contribution is 1.18. The number of hydrogen-bond acceptors (Lipinski definition) is 2. The van der Waals surface area contributed by atoms with Crippen LogP contribution in [0, 0.1) is 0 Å². The van der Waals surface area contributed by atoms with Crippen LogP contribution in [0.3, 0.4) is 0 Å². The number of hydrogen-bond donors (Lipinski definition) is 0. The molecular weight excluding hydrogens is 829 g/mol. The number of anilines is 3. The first-order valence-electron chi connectivity index (χ1n) is 22.9. The number of thiophene rings is 1. The smallest absolute Gasteiger partial charge is 0.0541 e. The number of para-hydroxylation sites is 2. The van der Waals surface area contributed by atoms with Crippen molar-refractivity contribution in [3.8, 4) is 50.2 Å². The second kappa shape index (κ2) is 16.2. The summed E-state index contributed by atoms with van der Waals surface area (Å²) in [5.74, 6) is 0. The molecule has 2 nitrogen and oxygen atoms in total. The molecule has 0 saturated carbocycles. The molecule has 13 aromatic rings. The fourth-order valence-corrected chi connectivity index (χ4v) is 11.5. The standard InChI is InChI=1S/C64H42N2S/c1-3-15-43(16-4-1)49-39-50(44-17-5-2-6-18-44)42-54(41-49)65(52-36-31-47(32-37-52)56-25-14-26-59-60-38-33-46-19-7-8-22-55(46)64(60)67-63(56)59)51-34-29-45(30-35-51)48-20-13-21-53(40-48)66-61-27-11-9-23-57(61)58-24-10-12-28-62(58)66/h1-42H. The average molecular weight is 871 g/mol. The summed E-state index contributed by atoms with van der Waals surface area (Å²) in [6, 6.07) is 93.1. The predicted octanol–water partition coefficient (Wildman–Crippen LogP) is 18.4. The van der Waals surface area contributed by atoms with Crippen LogP contribution in [0.1, 0.15) is 0 Å². The molecule has 2 heterocycles. The third kappa shape index (κ3) is 6.79. The lowest BCUT2D eigenvalue weighted by Gasteiger charge is -2.27. The van der Waals surface area contributed by atoms with Crippen molar-refractivity contribution >= 4 is 81.1 Å². The Labute approximate surface area is 393 Å². The predicted molar refractivity (Wildman–Crippen MR) is 288 cm³/mol. The largest absolute Gasteiger partial charge is 0.310 e. The van der Waals surface area contributed by atoms with Crippen LogP contribution in [0.15, 0.2) is 255 Å². The Kier molecular flexibility index (Phi) is 9.40. The van der Waals surface area contributed by atoms with Gasteiger partial charge in [-0.25, -0.2) is 0 Å². The van der Waals surface area contributed by atoms with Gasteiger partial charge in [0.25, 0.3) is 0 Å². The van der Waals surface area contributed by atoms with Crippen molar-refractivity contribution in [1.82, 2.24) is 4.57 Å². The van der Waals surface area contributed by atoms with Crippen LogP contribution in [0.25, 0.3) is 103 Å². The Hall–Kier alpha value is -8.50. The molecule has 0 amide bonds. The molecule has 11 aromatic carbocycles. The first-order valence-corrected chi connectivity index (χ1v) is 23.7. The van der Waals surface area contributed by atoms with Crippen LogP contribution in [0.5, 0.6) is 0 Å². The molecule has 0 bridgehead atoms. The third-order valence-electron chi connectivity index (χ3n) is 13.4. The fourth-order valence-electron chi connectivity index (χ4n) is 10.2. The van der Waals surface area contributed by atoms with Gasteiger partial charge in [-0.15, -0.1) is 11.3 Å². The van der Waals surface area contributed by atoms with Gasteiger partial charge in [-0.1, -0.05) is 188 Å². The molecule has 3 heteroatoms. The van der Waals surface area contributed by atoms with Crippen LogP contribution in [-0.2, 0) is 0 Å². The summed E-state index contributed by atoms with van der Waals surface area (Å²) in [4.78, 5) is 2.41. The molecule has 2 aromatic heterocycles. The molecular formula is C64H42N2S. The van der Waals surface area contributed by atoms with E-state index in [9.17, 15) is 0 Å². The maximum absolute atomic E-state index is 2.41. The van der Waals surface area contributed by atoms with Crippen molar-refractivity contribution < 1.29 is 0 Å². The lowest BCUT2D eigenvalue weighted by atomic mass is 9.97. The third-order valence-corrected chi connectivity index (χ3v) is 14.6. The van der Waals surface area contributed by atoms with Crippen molar-refractivity contribution in [2.45, 2.75) is 0 Å². The van der Waals surface area contributed by atoms with E-state index >= 15 is 0 Å². The Balaban J connectivity index is 0.937. The van der Waals surface area contributed by atoms with E-state index in [4.69, 9.17) is 0 Å². The van der Waals surface area contributed by atoms with Gasteiger partial charge in [-0.05, 0) is 122 Å². The number of fused-ring (bicyclic) bond motifs is 8. The minimum atomic E-state index is 1.08. The molecule has 0 aliphatic heterocycles. The zero-order chi connectivity index (χ0) is 44.3. The van der Waals surface area contributed by atoms with E-state index in [-0.39, 0.29) is 0 Å². The van der Waals surface area contributed by atoms with E-state index < -0.39 is 0 Å². The van der Waals surface area contributed by atoms with Crippen molar-refractivity contribution in [3.63, 3.8) is 0 Å². The summed E-state index contributed by atoms with van der Waals surface area (Å²) in [6.07, 6.45) is 0. The molecule has 0 unspecified atom stereocenters. The Morgan fingerprint density at radius 2 is 0.791 bits per heavy atom. The summed E-state index contributed by atoms with van der Waals surface area (Å²) in [5.41, 5.74) is 16.3. The first-order chi connectivity index (χ1) is 33.2. The highest BCUT2D eigenvalue weighted by molar-refractivity contribution is 7.27. The van der Waals surface area contributed by atoms with Gasteiger partial charge in [0, 0.05) is 53.7 Å². The van der Waals surface area contributed by atoms with E-state index in [2.05, 4.69) is 264 Å². The van der Waals surface area contributed by atoms with Gasteiger partial charge >= 0.3 is 0 Å². The van der Waals surface area contributed by atoms with Crippen molar-refractivity contribution in [3.05, 3.63) is 255 Å². The maximum Gasteiger partial charge on any atom is 0.0541 e. The topological polar surface area (TPSA) is 8.17 Å². The SMILES string of the molecule is c1ccc(-c2cc(-c3ccccc3)cc(N(c3ccc(-c4cccc(-n5c6ccccc6c6ccccc65)c4)cc3)c3ccc(-c4cccc5c4sc4c6ccccc6ccc54)cc3)c2)cc1. The normalized spacial score (nSPS) is 11.6. The quantitative estimate of drug-likeness (QED) is 0.148. The van der Waals surface area contributed by atoms with Gasteiger partial charge in [0.2, 0.25) is 0 Å². The van der Waals surface area contributed by atoms with Crippen LogP contribution in [0.4, 0.5) is 17.1 Å². The second-order valence-electron chi connectivity index (χ2n) is 17.3. The minimum Gasteiger partial charge on any atom is -0.310 e. The Bertz CT molecular complexity index is 3850. The van der Waals surface area contributed by atoms with Gasteiger partial charge in [-0.3, -0.25) is 0 Å². The highest BCUT2D eigenvalue weighted by atomic mass is 32.1. The van der Waals surface area contributed by atoms with Gasteiger partial charge < -0.3 is 9.47 Å². The Morgan fingerprint density at radius 1 is 0.284 bits per heavy atom. The van der Waals surface area contributed by atoms with Gasteiger partial charge in [0.1, 0.15) is 0 Å². The monoisotopic (exact) mass is 870 g/mol. The fraction of sp³-hybridized carbons (Fsp3) is 0. The number of rotatable bonds is 8. The summed E-state index contributed by atoms with van der Waals surface area (Å²) in [7, 11) is 0. The molecule has 314 valence electrons. The number of aromatic nitrogens is 1. The van der Waals surface area contributed by atoms with Crippen LogP contribution < -0.4 is 4.90 Å². The summed E-state index contributed by atoms with van der Waals surface area (Å²) in [5, 5.41) is 7.74. The summed E-state index contributed by atoms with van der Waals surface area (Å²) in [6.45, 7) is 0. The van der Waals surface area contributed by atoms with E-state index in [1.165, 1.54) is 91.7 Å². The van der Waals surface area contributed by atoms with Gasteiger partial charge in [-0.2, -0.15) is 0 Å². The molecule has 0 aliphatic carbocycles. The zero-order valence-electron chi connectivity index (χ0n) is 36.6. The number of nitrogens with zero attached hydrogens (tertiary/aromatic N) is 2. The zero-order valence-corrected chi connectivity index (χ0v) is 37.4. The van der Waals surface area contributed by atoms with Crippen molar-refractivity contribution in [2.75, 3.05) is 4.90 Å². The molecule has 0 aliphatic rings. The Morgan fingerprint density at radius 3 is 1.45 bits per heavy atom. The summed E-state index contributed by atoms with van der Waals surface area (Å²) < 4.78 is 5.05. The highest BCUT2D eigenvalue weighted by Gasteiger charge is 2.19. The first kappa shape index (κ1) is 38.9. The van der Waals surface area contributed by atoms with E-state index in [1.807, 2.05) is 11.3 Å². The highest BCUT2D eigenvalue weighted by Crippen LogP contribution is 2.45. The average Bonchev–Trinajstić information content (AvgIpc) is 3.96. The maximum atomic E-state index is 2.41. The van der Waals surface area contributed by atoms with E-state index in [1.54, 1.807) is 0 Å².